The molecule has 32 heavy (non-hydrogen) atoms. The third-order valence-corrected chi connectivity index (χ3v) is 5.25. The van der Waals surface area contributed by atoms with E-state index in [0.717, 1.165) is 11.0 Å². The molecule has 0 atom stereocenters. The summed E-state index contributed by atoms with van der Waals surface area (Å²) in [6, 6.07) is 5.50. The number of amides is 1. The van der Waals surface area contributed by atoms with E-state index >= 15 is 0 Å². The molecule has 8 heteroatoms. The highest BCUT2D eigenvalue weighted by Crippen LogP contribution is 2.33. The average Bonchev–Trinajstić information content (AvgIpc) is 2.70. The van der Waals surface area contributed by atoms with Gasteiger partial charge < -0.3 is 14.4 Å². The Balaban J connectivity index is 1.86. The van der Waals surface area contributed by atoms with Crippen molar-refractivity contribution >= 4 is 40.1 Å². The van der Waals surface area contributed by atoms with Crippen molar-refractivity contribution in [1.29, 1.82) is 0 Å². The molecule has 172 valence electrons. The first kappa shape index (κ1) is 24.0. The molecule has 0 radical (unpaired) electrons. The Morgan fingerprint density at radius 2 is 1.91 bits per heavy atom. The van der Waals surface area contributed by atoms with Gasteiger partial charge >= 0.3 is 12.1 Å². The van der Waals surface area contributed by atoms with Gasteiger partial charge in [-0.05, 0) is 71.1 Å². The van der Waals surface area contributed by atoms with Gasteiger partial charge in [0.25, 0.3) is 0 Å². The Morgan fingerprint density at radius 1 is 1.22 bits per heavy atom. The Morgan fingerprint density at radius 3 is 2.53 bits per heavy atom. The number of fused-ring (bicyclic) bond motifs is 1. The van der Waals surface area contributed by atoms with E-state index < -0.39 is 11.6 Å². The van der Waals surface area contributed by atoms with Gasteiger partial charge in [0.1, 0.15) is 10.8 Å². The molecule has 7 nitrogen and oxygen atoms in total. The van der Waals surface area contributed by atoms with E-state index in [-0.39, 0.29) is 18.1 Å². The molecule has 0 saturated carbocycles. The van der Waals surface area contributed by atoms with Crippen LogP contribution in [0.2, 0.25) is 5.15 Å². The number of carbonyl (C=O) groups is 2. The van der Waals surface area contributed by atoms with Crippen LogP contribution in [0.1, 0.15) is 53.2 Å². The van der Waals surface area contributed by atoms with Gasteiger partial charge in [0.2, 0.25) is 0 Å². The zero-order valence-electron chi connectivity index (χ0n) is 19.2. The van der Waals surface area contributed by atoms with Crippen molar-refractivity contribution in [1.82, 2.24) is 14.9 Å². The van der Waals surface area contributed by atoms with Crippen LogP contribution < -0.4 is 0 Å². The summed E-state index contributed by atoms with van der Waals surface area (Å²) in [5.74, 6) is -0.352. The van der Waals surface area contributed by atoms with Gasteiger partial charge in [-0.3, -0.25) is 0 Å². The van der Waals surface area contributed by atoms with Crippen molar-refractivity contribution in [3.63, 3.8) is 0 Å². The zero-order chi connectivity index (χ0) is 23.5. The van der Waals surface area contributed by atoms with E-state index in [4.69, 9.17) is 26.1 Å². The number of hydrogen-bond acceptors (Lipinski definition) is 6. The highest BCUT2D eigenvalue weighted by Gasteiger charge is 2.29. The van der Waals surface area contributed by atoms with Gasteiger partial charge in [-0.25, -0.2) is 19.6 Å². The quantitative estimate of drug-likeness (QED) is 0.352. The largest absolute Gasteiger partial charge is 0.460 e. The van der Waals surface area contributed by atoms with E-state index in [1.54, 1.807) is 17.2 Å². The third kappa shape index (κ3) is 6.42. The fourth-order valence-corrected chi connectivity index (χ4v) is 3.80. The average molecular weight is 460 g/mol. The van der Waals surface area contributed by atoms with E-state index in [0.29, 0.717) is 42.3 Å². The third-order valence-electron chi connectivity index (χ3n) is 5.05. The van der Waals surface area contributed by atoms with Gasteiger partial charge in [-0.15, -0.1) is 0 Å². The number of esters is 1. The Labute approximate surface area is 193 Å². The zero-order valence-corrected chi connectivity index (χ0v) is 20.0. The second-order valence-electron chi connectivity index (χ2n) is 9.22. The number of pyridine rings is 2. The minimum Gasteiger partial charge on any atom is -0.460 e. The van der Waals surface area contributed by atoms with Gasteiger partial charge in [0.05, 0.1) is 17.3 Å². The number of rotatable bonds is 4. The first-order valence-electron chi connectivity index (χ1n) is 10.8. The maximum Gasteiger partial charge on any atom is 0.410 e. The molecule has 1 aliphatic heterocycles. The molecule has 2 aromatic rings. The van der Waals surface area contributed by atoms with Crippen LogP contribution in [0, 0.1) is 5.92 Å². The predicted molar refractivity (Wildman–Crippen MR) is 124 cm³/mol. The molecule has 1 saturated heterocycles. The maximum atomic E-state index is 12.5. The van der Waals surface area contributed by atoms with Gasteiger partial charge in [-0.1, -0.05) is 11.6 Å². The number of ether oxygens (including phenoxy) is 2. The van der Waals surface area contributed by atoms with Crippen LogP contribution in [-0.2, 0) is 14.3 Å². The summed E-state index contributed by atoms with van der Waals surface area (Å²) in [4.78, 5) is 35.5. The summed E-state index contributed by atoms with van der Waals surface area (Å²) in [7, 11) is 0. The highest BCUT2D eigenvalue weighted by molar-refractivity contribution is 6.30. The van der Waals surface area contributed by atoms with Crippen molar-refractivity contribution in [3.05, 3.63) is 41.3 Å². The minimum atomic E-state index is -0.537. The molecule has 1 aliphatic rings. The standard InChI is InChI=1S/C24H30ClN3O4/c1-15(2)31-22(29)12-18(19-7-6-17-14-26-21(25)13-20(17)27-19)16-8-10-28(11-9-16)23(30)32-24(3,4)5/h6-7,12-16H,8-11H2,1-5H3/b18-12+. The molecule has 1 amide bonds. The van der Waals surface area contributed by atoms with Crippen molar-refractivity contribution in [2.45, 2.75) is 59.2 Å². The minimum absolute atomic E-state index is 0.0515. The molecule has 0 unspecified atom stereocenters. The fourth-order valence-electron chi connectivity index (χ4n) is 3.65. The van der Waals surface area contributed by atoms with Crippen LogP contribution in [0.3, 0.4) is 0 Å². The van der Waals surface area contributed by atoms with Gasteiger partial charge in [0.15, 0.2) is 0 Å². The van der Waals surface area contributed by atoms with Crippen molar-refractivity contribution in [3.8, 4) is 0 Å². The normalized spacial score (nSPS) is 15.8. The molecule has 0 spiro atoms. The number of likely N-dealkylation sites (tertiary alicyclic amines) is 1. The smallest absolute Gasteiger partial charge is 0.410 e. The van der Waals surface area contributed by atoms with Crippen LogP contribution in [0.5, 0.6) is 0 Å². The number of allylic oxidation sites excluding steroid dienone is 1. The molecule has 0 bridgehead atoms. The van der Waals surface area contributed by atoms with E-state index in [1.807, 2.05) is 46.8 Å². The number of nitrogens with zero attached hydrogens (tertiary/aromatic N) is 3. The van der Waals surface area contributed by atoms with Crippen LogP contribution in [-0.4, -0.2) is 51.7 Å². The first-order chi connectivity index (χ1) is 15.0. The molecular weight excluding hydrogens is 430 g/mol. The SMILES string of the molecule is CC(C)OC(=O)/C=C(/c1ccc2cnc(Cl)cc2n1)C1CCN(C(=O)OC(C)(C)C)CC1. The fraction of sp³-hybridized carbons (Fsp3) is 0.500. The number of aromatic nitrogens is 2. The van der Waals surface area contributed by atoms with Crippen LogP contribution in [0.4, 0.5) is 4.79 Å². The number of piperidine rings is 1. The number of hydrogen-bond donors (Lipinski definition) is 0. The molecule has 1 fully saturated rings. The Kier molecular flexibility index (Phi) is 7.39. The topological polar surface area (TPSA) is 81.6 Å². The molecule has 3 rings (SSSR count). The van der Waals surface area contributed by atoms with Crippen LogP contribution in [0.25, 0.3) is 16.5 Å². The summed E-state index contributed by atoms with van der Waals surface area (Å²) in [6.45, 7) is 10.3. The van der Waals surface area contributed by atoms with E-state index in [2.05, 4.69) is 4.98 Å². The summed E-state index contributed by atoms with van der Waals surface area (Å²) < 4.78 is 10.8. The maximum absolute atomic E-state index is 12.5. The lowest BCUT2D eigenvalue weighted by molar-refractivity contribution is -0.141. The number of halogens is 1. The summed E-state index contributed by atoms with van der Waals surface area (Å²) in [5, 5.41) is 1.22. The molecule has 0 aliphatic carbocycles. The number of carbonyl (C=O) groups excluding carboxylic acids is 2. The van der Waals surface area contributed by atoms with E-state index in [9.17, 15) is 9.59 Å². The lowest BCUT2D eigenvalue weighted by atomic mass is 9.86. The van der Waals surface area contributed by atoms with Gasteiger partial charge in [0, 0.05) is 36.8 Å². The molecule has 3 heterocycles. The lowest BCUT2D eigenvalue weighted by Gasteiger charge is -2.34. The molecular formula is C24H30ClN3O4. The Hall–Kier alpha value is -2.67. The summed E-state index contributed by atoms with van der Waals surface area (Å²) in [5.41, 5.74) is 1.66. The van der Waals surface area contributed by atoms with Crippen molar-refractivity contribution in [2.24, 2.45) is 5.92 Å². The molecule has 0 aromatic carbocycles. The van der Waals surface area contributed by atoms with E-state index in [1.165, 1.54) is 6.08 Å². The lowest BCUT2D eigenvalue weighted by Crippen LogP contribution is -2.42. The first-order valence-corrected chi connectivity index (χ1v) is 11.2. The second kappa shape index (κ2) is 9.86. The highest BCUT2D eigenvalue weighted by atomic mass is 35.5. The molecule has 2 aromatic heterocycles. The monoisotopic (exact) mass is 459 g/mol. The van der Waals surface area contributed by atoms with Crippen molar-refractivity contribution < 1.29 is 19.1 Å². The summed E-state index contributed by atoms with van der Waals surface area (Å²) >= 11 is 6.04. The Bertz CT molecular complexity index is 1020. The van der Waals surface area contributed by atoms with Crippen molar-refractivity contribution in [2.75, 3.05) is 13.1 Å². The predicted octanol–water partition coefficient (Wildman–Crippen LogP) is 5.27. The van der Waals surface area contributed by atoms with Gasteiger partial charge in [-0.2, -0.15) is 0 Å². The summed E-state index contributed by atoms with van der Waals surface area (Å²) in [6.07, 6.45) is 4.05. The molecule has 0 N–H and O–H groups in total. The van der Waals surface area contributed by atoms with Crippen LogP contribution in [0.15, 0.2) is 30.5 Å². The second-order valence-corrected chi connectivity index (χ2v) is 9.61. The van der Waals surface area contributed by atoms with Crippen LogP contribution >= 0.6 is 11.6 Å².